The van der Waals surface area contributed by atoms with Crippen molar-refractivity contribution >= 4 is 8.07 Å². The molecule has 1 aromatic rings. The van der Waals surface area contributed by atoms with Gasteiger partial charge >= 0.3 is 0 Å². The lowest BCUT2D eigenvalue weighted by atomic mass is 9.78. The van der Waals surface area contributed by atoms with Crippen molar-refractivity contribution in [1.29, 1.82) is 0 Å². The Balaban J connectivity index is 1.99. The molecule has 2 aliphatic carbocycles. The standard InChI is InChI=1S/C21H28Si/c1-4-22(5-2,6-3)16-13-19-9-7-8-10-20(19)21-14-11-18(17-21)12-15-21/h7-11,14,18H,4-6,12,15,17H2,1-3H3. The smallest absolute Gasteiger partial charge is 0.126 e. The molecule has 2 atom stereocenters. The van der Waals surface area contributed by atoms with Crippen LogP contribution in [0, 0.1) is 17.4 Å². The second kappa shape index (κ2) is 6.09. The highest BCUT2D eigenvalue weighted by Gasteiger charge is 2.42. The Kier molecular flexibility index (Phi) is 4.32. The highest BCUT2D eigenvalue weighted by molar-refractivity contribution is 6.87. The van der Waals surface area contributed by atoms with Crippen LogP contribution in [0.5, 0.6) is 0 Å². The van der Waals surface area contributed by atoms with Gasteiger partial charge in [0, 0.05) is 11.0 Å². The molecular formula is C21H28Si. The summed E-state index contributed by atoms with van der Waals surface area (Å²) in [5.41, 5.74) is 6.86. The average Bonchev–Trinajstić information content (AvgIpc) is 3.19. The Morgan fingerprint density at radius 2 is 1.86 bits per heavy atom. The van der Waals surface area contributed by atoms with Crippen molar-refractivity contribution in [3.63, 3.8) is 0 Å². The minimum absolute atomic E-state index is 0.296. The van der Waals surface area contributed by atoms with E-state index < -0.39 is 8.07 Å². The first-order valence-electron chi connectivity index (χ1n) is 8.99. The molecule has 22 heavy (non-hydrogen) atoms. The van der Waals surface area contributed by atoms with Crippen LogP contribution in [0.3, 0.4) is 0 Å². The first-order chi connectivity index (χ1) is 10.7. The fourth-order valence-electron chi connectivity index (χ4n) is 4.33. The summed E-state index contributed by atoms with van der Waals surface area (Å²) in [6.45, 7) is 7.00. The molecule has 0 amide bonds. The Morgan fingerprint density at radius 1 is 1.14 bits per heavy atom. The van der Waals surface area contributed by atoms with Gasteiger partial charge in [-0.05, 0) is 54.9 Å². The molecule has 0 nitrogen and oxygen atoms in total. The molecule has 2 aliphatic rings. The van der Waals surface area contributed by atoms with E-state index >= 15 is 0 Å². The number of fused-ring (bicyclic) bond motifs is 2. The maximum Gasteiger partial charge on any atom is 0.138 e. The van der Waals surface area contributed by atoms with Gasteiger partial charge in [0.05, 0.1) is 0 Å². The van der Waals surface area contributed by atoms with Crippen molar-refractivity contribution < 1.29 is 0 Å². The van der Waals surface area contributed by atoms with Gasteiger partial charge in [-0.3, -0.25) is 0 Å². The first kappa shape index (κ1) is 15.6. The molecule has 0 saturated heterocycles. The van der Waals surface area contributed by atoms with Crippen LogP contribution in [0.1, 0.15) is 51.2 Å². The molecule has 2 bridgehead atoms. The maximum atomic E-state index is 3.78. The lowest BCUT2D eigenvalue weighted by molar-refractivity contribution is 0.566. The molecule has 3 rings (SSSR count). The van der Waals surface area contributed by atoms with Crippen LogP contribution < -0.4 is 0 Å². The van der Waals surface area contributed by atoms with E-state index in [1.165, 1.54) is 48.5 Å². The van der Waals surface area contributed by atoms with Crippen molar-refractivity contribution in [2.24, 2.45) is 5.92 Å². The normalized spacial score (nSPS) is 26.0. The van der Waals surface area contributed by atoms with E-state index in [0.717, 1.165) is 5.92 Å². The Bertz CT molecular complexity index is 619. The minimum Gasteiger partial charge on any atom is -0.126 e. The third kappa shape index (κ3) is 2.59. The summed E-state index contributed by atoms with van der Waals surface area (Å²) in [5.74, 6) is 4.46. The fourth-order valence-corrected chi connectivity index (χ4v) is 6.76. The van der Waals surface area contributed by atoms with Crippen LogP contribution in [-0.4, -0.2) is 8.07 Å². The van der Waals surface area contributed by atoms with Gasteiger partial charge < -0.3 is 0 Å². The molecule has 116 valence electrons. The molecule has 0 radical (unpaired) electrons. The summed E-state index contributed by atoms with van der Waals surface area (Å²) in [6, 6.07) is 12.8. The van der Waals surface area contributed by atoms with E-state index in [9.17, 15) is 0 Å². The van der Waals surface area contributed by atoms with E-state index in [4.69, 9.17) is 0 Å². The highest BCUT2D eigenvalue weighted by Crippen LogP contribution is 2.51. The lowest BCUT2D eigenvalue weighted by Crippen LogP contribution is -2.29. The fraction of sp³-hybridized carbons (Fsp3) is 0.524. The summed E-state index contributed by atoms with van der Waals surface area (Å²) < 4.78 is 0. The monoisotopic (exact) mass is 308 g/mol. The van der Waals surface area contributed by atoms with E-state index in [1.807, 2.05) is 0 Å². The van der Waals surface area contributed by atoms with Crippen LogP contribution in [0.4, 0.5) is 0 Å². The van der Waals surface area contributed by atoms with Crippen molar-refractivity contribution in [2.45, 2.75) is 63.6 Å². The van der Waals surface area contributed by atoms with Gasteiger partial charge in [0.25, 0.3) is 0 Å². The molecule has 2 unspecified atom stereocenters. The van der Waals surface area contributed by atoms with Gasteiger partial charge in [-0.25, -0.2) is 0 Å². The largest absolute Gasteiger partial charge is 0.138 e. The van der Waals surface area contributed by atoms with E-state index in [0.29, 0.717) is 5.41 Å². The molecule has 0 spiro atoms. The third-order valence-corrected chi connectivity index (χ3v) is 10.9. The number of allylic oxidation sites excluding steroid dienone is 2. The number of hydrogen-bond donors (Lipinski definition) is 0. The zero-order valence-corrected chi connectivity index (χ0v) is 15.3. The molecule has 1 heteroatoms. The van der Waals surface area contributed by atoms with Gasteiger partial charge in [-0.15, -0.1) is 5.54 Å². The van der Waals surface area contributed by atoms with Crippen LogP contribution >= 0.6 is 0 Å². The molecule has 1 saturated carbocycles. The van der Waals surface area contributed by atoms with Gasteiger partial charge in [0.2, 0.25) is 0 Å². The molecule has 0 aliphatic heterocycles. The summed E-state index contributed by atoms with van der Waals surface area (Å²) in [6.07, 6.45) is 8.90. The zero-order chi connectivity index (χ0) is 15.6. The van der Waals surface area contributed by atoms with Gasteiger partial charge in [-0.2, -0.15) is 0 Å². The van der Waals surface area contributed by atoms with E-state index in [1.54, 1.807) is 0 Å². The number of hydrogen-bond acceptors (Lipinski definition) is 0. The second-order valence-corrected chi connectivity index (χ2v) is 12.1. The van der Waals surface area contributed by atoms with Gasteiger partial charge in [0.15, 0.2) is 0 Å². The zero-order valence-electron chi connectivity index (χ0n) is 14.3. The van der Waals surface area contributed by atoms with Crippen LogP contribution in [0.15, 0.2) is 36.4 Å². The predicted octanol–water partition coefficient (Wildman–Crippen LogP) is 5.69. The summed E-state index contributed by atoms with van der Waals surface area (Å²) in [5, 5.41) is 0. The maximum absolute atomic E-state index is 3.78. The summed E-state index contributed by atoms with van der Waals surface area (Å²) in [4.78, 5) is 0. The van der Waals surface area contributed by atoms with Crippen molar-refractivity contribution in [3.05, 3.63) is 47.5 Å². The van der Waals surface area contributed by atoms with Gasteiger partial charge in [-0.1, -0.05) is 57.0 Å². The molecule has 0 aromatic heterocycles. The topological polar surface area (TPSA) is 0 Å². The summed E-state index contributed by atoms with van der Waals surface area (Å²) >= 11 is 0. The van der Waals surface area contributed by atoms with Crippen LogP contribution in [0.25, 0.3) is 0 Å². The third-order valence-electron chi connectivity index (χ3n) is 6.23. The number of benzene rings is 1. The average molecular weight is 309 g/mol. The molecule has 1 fully saturated rings. The highest BCUT2D eigenvalue weighted by atomic mass is 28.3. The van der Waals surface area contributed by atoms with Crippen molar-refractivity contribution in [3.8, 4) is 11.5 Å². The number of rotatable bonds is 4. The Labute approximate surface area is 137 Å². The lowest BCUT2D eigenvalue weighted by Gasteiger charge is -2.26. The van der Waals surface area contributed by atoms with Crippen molar-refractivity contribution in [2.75, 3.05) is 0 Å². The SMILES string of the molecule is CC[Si](C#Cc1ccccc1C12C=CC(CC1)C2)(CC)CC. The van der Waals surface area contributed by atoms with Crippen LogP contribution in [-0.2, 0) is 5.41 Å². The Morgan fingerprint density at radius 3 is 2.41 bits per heavy atom. The molecule has 0 heterocycles. The quantitative estimate of drug-likeness (QED) is 0.380. The van der Waals surface area contributed by atoms with E-state index in [2.05, 4.69) is 68.7 Å². The van der Waals surface area contributed by atoms with Gasteiger partial charge in [0.1, 0.15) is 8.07 Å². The summed E-state index contributed by atoms with van der Waals surface area (Å²) in [7, 11) is -1.37. The second-order valence-electron chi connectivity index (χ2n) is 7.15. The first-order valence-corrected chi connectivity index (χ1v) is 11.6. The van der Waals surface area contributed by atoms with Crippen molar-refractivity contribution in [1.82, 2.24) is 0 Å². The Hall–Kier alpha value is -1.26. The predicted molar refractivity (Wildman–Crippen MR) is 98.7 cm³/mol. The van der Waals surface area contributed by atoms with Crippen LogP contribution in [0.2, 0.25) is 18.1 Å². The molecule has 0 N–H and O–H groups in total. The molecular weight excluding hydrogens is 280 g/mol. The van der Waals surface area contributed by atoms with E-state index in [-0.39, 0.29) is 0 Å². The minimum atomic E-state index is -1.37. The molecule has 1 aromatic carbocycles.